The van der Waals surface area contributed by atoms with E-state index >= 15 is 0 Å². The first-order valence-electron chi connectivity index (χ1n) is 11.8. The number of hydrogen-bond acceptors (Lipinski definition) is 7. The van der Waals surface area contributed by atoms with Crippen LogP contribution in [0.15, 0.2) is 36.5 Å². The van der Waals surface area contributed by atoms with Gasteiger partial charge in [0.15, 0.2) is 17.2 Å². The smallest absolute Gasteiger partial charge is 0.328 e. The summed E-state index contributed by atoms with van der Waals surface area (Å²) in [6.07, 6.45) is 4.56. The van der Waals surface area contributed by atoms with E-state index < -0.39 is 17.9 Å². The minimum atomic E-state index is -0.808. The van der Waals surface area contributed by atoms with Crippen molar-refractivity contribution in [3.8, 4) is 11.5 Å². The highest BCUT2D eigenvalue weighted by Gasteiger charge is 2.29. The minimum absolute atomic E-state index is 0.0336. The van der Waals surface area contributed by atoms with Gasteiger partial charge in [-0.1, -0.05) is 24.6 Å². The fraction of sp³-hybridized carbons (Fsp3) is 0.500. The van der Waals surface area contributed by atoms with Crippen molar-refractivity contribution in [1.29, 1.82) is 0 Å². The Morgan fingerprint density at radius 3 is 2.60 bits per heavy atom. The third kappa shape index (κ3) is 9.16. The molecule has 2 N–H and O–H groups in total. The Kier molecular flexibility index (Phi) is 11.4. The standard InChI is InChI=1S/C19H28N2O6.C7H7F/c1-4-10-26-13-6-5-7-14(19(24)27-12(2)11-13)21-18(23)16-17(22)15(25-3)8-9-20-16;1-6-2-4-7(8)5-3-6/h8-9,12-14,22H,4-7,10-11H2,1-3H3,(H,21,23);2-5H,1H3/t12?,13?,14-;/m0./s1. The van der Waals surface area contributed by atoms with Crippen LogP contribution in [-0.4, -0.2) is 53.9 Å². The average molecular weight is 491 g/mol. The van der Waals surface area contributed by atoms with E-state index in [0.29, 0.717) is 25.9 Å². The van der Waals surface area contributed by atoms with E-state index in [4.69, 9.17) is 14.2 Å². The maximum Gasteiger partial charge on any atom is 0.328 e. The van der Waals surface area contributed by atoms with E-state index in [1.54, 1.807) is 12.1 Å². The molecule has 1 aromatic carbocycles. The number of ether oxygens (including phenoxy) is 3. The molecule has 3 rings (SSSR count). The highest BCUT2D eigenvalue weighted by Crippen LogP contribution is 2.27. The number of pyridine rings is 1. The number of amides is 1. The molecule has 9 heteroatoms. The number of aryl methyl sites for hydroxylation is 1. The molecule has 0 aliphatic carbocycles. The zero-order chi connectivity index (χ0) is 25.8. The first-order valence-corrected chi connectivity index (χ1v) is 11.8. The number of carbonyl (C=O) groups is 2. The summed E-state index contributed by atoms with van der Waals surface area (Å²) in [5, 5.41) is 12.7. The molecule has 8 nitrogen and oxygen atoms in total. The molecule has 2 unspecified atom stereocenters. The van der Waals surface area contributed by atoms with Gasteiger partial charge in [0.05, 0.1) is 13.2 Å². The number of methoxy groups -OCH3 is 1. The van der Waals surface area contributed by atoms with Crippen molar-refractivity contribution in [3.63, 3.8) is 0 Å². The number of nitrogens with one attached hydrogen (secondary N) is 1. The molecule has 2 aromatic rings. The second kappa shape index (κ2) is 14.3. The average Bonchev–Trinajstić information content (AvgIpc) is 2.89. The third-order valence-corrected chi connectivity index (χ3v) is 5.41. The lowest BCUT2D eigenvalue weighted by Gasteiger charge is -2.20. The molecule has 3 atom stereocenters. The number of nitrogens with zero attached hydrogens (tertiary/aromatic N) is 1. The van der Waals surface area contributed by atoms with Crippen LogP contribution in [0.1, 0.15) is 62.0 Å². The van der Waals surface area contributed by atoms with Crippen molar-refractivity contribution < 1.29 is 33.3 Å². The van der Waals surface area contributed by atoms with Crippen molar-refractivity contribution >= 4 is 11.9 Å². The molecule has 0 saturated carbocycles. The molecule has 0 bridgehead atoms. The Morgan fingerprint density at radius 1 is 1.26 bits per heavy atom. The number of esters is 1. The first kappa shape index (κ1) is 28.0. The Morgan fingerprint density at radius 2 is 1.97 bits per heavy atom. The van der Waals surface area contributed by atoms with Gasteiger partial charge in [-0.05, 0) is 51.7 Å². The Balaban J connectivity index is 0.000000456. The summed E-state index contributed by atoms with van der Waals surface area (Å²) in [4.78, 5) is 28.8. The van der Waals surface area contributed by atoms with Crippen LogP contribution in [0, 0.1) is 12.7 Å². The Labute approximate surface area is 205 Å². The van der Waals surface area contributed by atoms with Crippen molar-refractivity contribution in [3.05, 3.63) is 53.6 Å². The second-order valence-electron chi connectivity index (χ2n) is 8.44. The SMILES string of the molecule is CCCOC1CCC[C@H](NC(=O)c2nccc(OC)c2O)C(=O)OC(C)C1.Cc1ccc(F)cc1. The van der Waals surface area contributed by atoms with E-state index in [9.17, 15) is 19.1 Å². The monoisotopic (exact) mass is 490 g/mol. The second-order valence-corrected chi connectivity index (χ2v) is 8.44. The van der Waals surface area contributed by atoms with Gasteiger partial charge in [0.2, 0.25) is 0 Å². The highest BCUT2D eigenvalue weighted by atomic mass is 19.1. The summed E-state index contributed by atoms with van der Waals surface area (Å²) >= 11 is 0. The van der Waals surface area contributed by atoms with Crippen molar-refractivity contribution in [1.82, 2.24) is 10.3 Å². The summed E-state index contributed by atoms with van der Waals surface area (Å²) in [6.45, 7) is 6.47. The first-order chi connectivity index (χ1) is 16.7. The van der Waals surface area contributed by atoms with E-state index in [2.05, 4.69) is 10.3 Å². The molecular weight excluding hydrogens is 455 g/mol. The van der Waals surface area contributed by atoms with Crippen LogP contribution in [0.25, 0.3) is 0 Å². The van der Waals surface area contributed by atoms with Gasteiger partial charge in [0.1, 0.15) is 18.0 Å². The van der Waals surface area contributed by atoms with Gasteiger partial charge in [0.25, 0.3) is 5.91 Å². The third-order valence-electron chi connectivity index (χ3n) is 5.41. The van der Waals surface area contributed by atoms with Crippen LogP contribution in [0.3, 0.4) is 0 Å². The molecule has 2 heterocycles. The summed E-state index contributed by atoms with van der Waals surface area (Å²) in [6, 6.07) is 7.03. The molecule has 192 valence electrons. The summed E-state index contributed by atoms with van der Waals surface area (Å²) in [7, 11) is 1.38. The summed E-state index contributed by atoms with van der Waals surface area (Å²) < 4.78 is 28.4. The number of rotatable bonds is 6. The number of cyclic esters (lactones) is 1. The van der Waals surface area contributed by atoms with Crippen LogP contribution in [0.4, 0.5) is 4.39 Å². The lowest BCUT2D eigenvalue weighted by molar-refractivity contribution is -0.151. The minimum Gasteiger partial charge on any atom is -0.503 e. The van der Waals surface area contributed by atoms with Crippen LogP contribution in [-0.2, 0) is 14.3 Å². The van der Waals surface area contributed by atoms with Crippen molar-refractivity contribution in [2.75, 3.05) is 13.7 Å². The molecule has 1 fully saturated rings. The molecule has 1 aliphatic heterocycles. The predicted octanol–water partition coefficient (Wildman–Crippen LogP) is 4.33. The number of aromatic hydroxyl groups is 1. The lowest BCUT2D eigenvalue weighted by Crippen LogP contribution is -2.42. The van der Waals surface area contributed by atoms with Gasteiger partial charge in [-0.3, -0.25) is 4.79 Å². The molecule has 1 saturated heterocycles. The number of aromatic nitrogens is 1. The highest BCUT2D eigenvalue weighted by molar-refractivity contribution is 5.97. The van der Waals surface area contributed by atoms with Crippen LogP contribution >= 0.6 is 0 Å². The van der Waals surface area contributed by atoms with Crippen molar-refractivity contribution in [2.45, 2.75) is 71.1 Å². The zero-order valence-corrected chi connectivity index (χ0v) is 20.8. The zero-order valence-electron chi connectivity index (χ0n) is 20.8. The molecule has 35 heavy (non-hydrogen) atoms. The van der Waals surface area contributed by atoms with Crippen LogP contribution < -0.4 is 10.1 Å². The molecule has 1 aromatic heterocycles. The molecule has 1 amide bonds. The van der Waals surface area contributed by atoms with Gasteiger partial charge in [0, 0.05) is 25.3 Å². The van der Waals surface area contributed by atoms with Gasteiger partial charge in [-0.2, -0.15) is 0 Å². The largest absolute Gasteiger partial charge is 0.503 e. The fourth-order valence-electron chi connectivity index (χ4n) is 3.58. The van der Waals surface area contributed by atoms with Crippen LogP contribution in [0.5, 0.6) is 11.5 Å². The van der Waals surface area contributed by atoms with Crippen molar-refractivity contribution in [2.24, 2.45) is 0 Å². The molecule has 0 spiro atoms. The fourth-order valence-corrected chi connectivity index (χ4v) is 3.58. The Hall–Kier alpha value is -3.20. The molecular formula is C26H35FN2O6. The topological polar surface area (TPSA) is 107 Å². The van der Waals surface area contributed by atoms with E-state index in [-0.39, 0.29) is 35.2 Å². The summed E-state index contributed by atoms with van der Waals surface area (Å²) in [5.41, 5.74) is 0.894. The van der Waals surface area contributed by atoms with E-state index in [1.165, 1.54) is 31.5 Å². The molecule has 0 radical (unpaired) electrons. The van der Waals surface area contributed by atoms with E-state index in [1.807, 2.05) is 20.8 Å². The predicted molar refractivity (Wildman–Crippen MR) is 129 cm³/mol. The van der Waals surface area contributed by atoms with Gasteiger partial charge in [-0.15, -0.1) is 0 Å². The maximum atomic E-state index is 12.5. The Bertz CT molecular complexity index is 932. The van der Waals surface area contributed by atoms with Gasteiger partial charge < -0.3 is 24.6 Å². The number of halogens is 1. The van der Waals surface area contributed by atoms with E-state index in [0.717, 1.165) is 18.4 Å². The van der Waals surface area contributed by atoms with Gasteiger partial charge >= 0.3 is 5.97 Å². The quantitative estimate of drug-likeness (QED) is 0.581. The molecule has 1 aliphatic rings. The number of hydrogen-bond donors (Lipinski definition) is 2. The maximum absolute atomic E-state index is 12.5. The van der Waals surface area contributed by atoms with Gasteiger partial charge in [-0.25, -0.2) is 14.2 Å². The lowest BCUT2D eigenvalue weighted by atomic mass is 10.0. The number of carbonyl (C=O) groups excluding carboxylic acids is 2. The van der Waals surface area contributed by atoms with Crippen LogP contribution in [0.2, 0.25) is 0 Å². The summed E-state index contributed by atoms with van der Waals surface area (Å²) in [5.74, 6) is -1.55. The number of benzene rings is 1. The normalized spacial score (nSPS) is 20.3.